The van der Waals surface area contributed by atoms with Crippen LogP contribution >= 0.6 is 35.6 Å². The van der Waals surface area contributed by atoms with Gasteiger partial charge < -0.3 is 20.1 Å². The molecule has 0 radical (unpaired) electrons. The first-order valence-corrected chi connectivity index (χ1v) is 11.0. The van der Waals surface area contributed by atoms with Crippen molar-refractivity contribution in [2.75, 3.05) is 31.6 Å². The molecule has 164 valence electrons. The summed E-state index contributed by atoms with van der Waals surface area (Å²) in [6.07, 6.45) is 6.71. The van der Waals surface area contributed by atoms with Crippen molar-refractivity contribution in [3.05, 3.63) is 40.9 Å². The van der Waals surface area contributed by atoms with E-state index in [1.165, 1.54) is 24.9 Å². The number of nitrogens with one attached hydrogen (secondary N) is 2. The maximum absolute atomic E-state index is 6.14. The van der Waals surface area contributed by atoms with Crippen molar-refractivity contribution < 1.29 is 0 Å². The molecule has 3 heterocycles. The zero-order chi connectivity index (χ0) is 20.1. The van der Waals surface area contributed by atoms with Gasteiger partial charge >= 0.3 is 0 Å². The largest absolute Gasteiger partial charge is 0.369 e. The fourth-order valence-corrected chi connectivity index (χ4v) is 4.38. The van der Waals surface area contributed by atoms with E-state index in [0.717, 1.165) is 68.1 Å². The van der Waals surface area contributed by atoms with Crippen LogP contribution in [0.2, 0.25) is 5.02 Å². The van der Waals surface area contributed by atoms with Gasteiger partial charge in [-0.25, -0.2) is 0 Å². The van der Waals surface area contributed by atoms with Crippen LogP contribution in [0.3, 0.4) is 0 Å². The van der Waals surface area contributed by atoms with Gasteiger partial charge in [0.25, 0.3) is 0 Å². The molecule has 4 rings (SSSR count). The number of nitrogens with zero attached hydrogens (tertiary/aromatic N) is 5. The first-order chi connectivity index (χ1) is 14.2. The Morgan fingerprint density at radius 3 is 2.97 bits per heavy atom. The Morgan fingerprint density at radius 2 is 2.13 bits per heavy atom. The Hall–Kier alpha value is -1.55. The number of hydrogen-bond donors (Lipinski definition) is 2. The monoisotopic (exact) mass is 543 g/mol. The maximum Gasteiger partial charge on any atom is 0.191 e. The number of aryl methyl sites for hydroxylation is 1. The summed E-state index contributed by atoms with van der Waals surface area (Å²) < 4.78 is 2.31. The molecule has 0 saturated carbocycles. The number of guanidine groups is 1. The van der Waals surface area contributed by atoms with E-state index in [1.807, 2.05) is 25.2 Å². The zero-order valence-electron chi connectivity index (χ0n) is 17.5. The molecule has 0 aliphatic carbocycles. The van der Waals surface area contributed by atoms with Crippen LogP contribution in [-0.2, 0) is 19.4 Å². The Morgan fingerprint density at radius 1 is 1.23 bits per heavy atom. The van der Waals surface area contributed by atoms with E-state index in [1.54, 1.807) is 0 Å². The number of fused-ring (bicyclic) bond motifs is 1. The van der Waals surface area contributed by atoms with E-state index in [4.69, 9.17) is 11.6 Å². The highest BCUT2D eigenvalue weighted by molar-refractivity contribution is 14.0. The topological polar surface area (TPSA) is 70.4 Å². The van der Waals surface area contributed by atoms with Crippen molar-refractivity contribution in [1.29, 1.82) is 0 Å². The van der Waals surface area contributed by atoms with Crippen LogP contribution in [0.25, 0.3) is 0 Å². The van der Waals surface area contributed by atoms with Crippen LogP contribution in [0, 0.1) is 0 Å². The normalized spacial score (nSPS) is 19.1. The molecule has 9 heteroatoms. The van der Waals surface area contributed by atoms with Crippen LogP contribution in [0.1, 0.15) is 37.3 Å². The van der Waals surface area contributed by atoms with Gasteiger partial charge in [-0.05, 0) is 37.5 Å². The Balaban J connectivity index is 0.00000256. The second-order valence-corrected chi connectivity index (χ2v) is 8.24. The molecule has 0 spiro atoms. The lowest BCUT2D eigenvalue weighted by Crippen LogP contribution is -2.45. The first kappa shape index (κ1) is 23.1. The third kappa shape index (κ3) is 5.78. The molecular weight excluding hydrogens is 513 g/mol. The quantitative estimate of drug-likeness (QED) is 0.344. The molecule has 1 saturated heterocycles. The van der Waals surface area contributed by atoms with Gasteiger partial charge in [0, 0.05) is 62.8 Å². The van der Waals surface area contributed by atoms with E-state index in [2.05, 4.69) is 41.4 Å². The molecule has 2 N–H and O–H groups in total. The summed E-state index contributed by atoms with van der Waals surface area (Å²) in [4.78, 5) is 6.76. The lowest BCUT2D eigenvalue weighted by molar-refractivity contribution is 0.597. The molecule has 7 nitrogen and oxygen atoms in total. The first-order valence-electron chi connectivity index (χ1n) is 10.6. The fraction of sp³-hybridized carbons (Fsp3) is 0.571. The molecule has 0 amide bonds. The maximum atomic E-state index is 6.14. The molecule has 1 unspecified atom stereocenters. The molecule has 2 aliphatic heterocycles. The highest BCUT2D eigenvalue weighted by atomic mass is 127. The van der Waals surface area contributed by atoms with Crippen LogP contribution in [0.5, 0.6) is 0 Å². The molecular formula is C21H31ClIN7. The number of halogens is 2. The predicted molar refractivity (Wildman–Crippen MR) is 133 cm³/mol. The van der Waals surface area contributed by atoms with Crippen LogP contribution in [0.4, 0.5) is 5.69 Å². The summed E-state index contributed by atoms with van der Waals surface area (Å²) in [6.45, 7) is 3.80. The summed E-state index contributed by atoms with van der Waals surface area (Å²) in [5.41, 5.74) is 1.18. The van der Waals surface area contributed by atoms with Crippen molar-refractivity contribution in [3.63, 3.8) is 0 Å². The number of aromatic nitrogens is 3. The van der Waals surface area contributed by atoms with Gasteiger partial charge in [-0.2, -0.15) is 0 Å². The Labute approximate surface area is 200 Å². The number of rotatable bonds is 5. The van der Waals surface area contributed by atoms with Gasteiger partial charge in [0.05, 0.1) is 0 Å². The van der Waals surface area contributed by atoms with Gasteiger partial charge in [-0.15, -0.1) is 34.2 Å². The molecule has 1 atom stereocenters. The minimum Gasteiger partial charge on any atom is -0.369 e. The number of anilines is 1. The van der Waals surface area contributed by atoms with Crippen LogP contribution in [0.15, 0.2) is 29.3 Å². The third-order valence-electron chi connectivity index (χ3n) is 5.75. The van der Waals surface area contributed by atoms with Crippen molar-refractivity contribution in [3.8, 4) is 0 Å². The van der Waals surface area contributed by atoms with Gasteiger partial charge in [0.1, 0.15) is 11.6 Å². The van der Waals surface area contributed by atoms with E-state index in [-0.39, 0.29) is 24.0 Å². The summed E-state index contributed by atoms with van der Waals surface area (Å²) in [6, 6.07) is 8.42. The third-order valence-corrected chi connectivity index (χ3v) is 5.99. The van der Waals surface area contributed by atoms with Crippen LogP contribution < -0.4 is 15.5 Å². The summed E-state index contributed by atoms with van der Waals surface area (Å²) >= 11 is 6.14. The summed E-state index contributed by atoms with van der Waals surface area (Å²) in [7, 11) is 1.82. The molecule has 0 bridgehead atoms. The van der Waals surface area contributed by atoms with Crippen molar-refractivity contribution in [2.24, 2.45) is 4.99 Å². The van der Waals surface area contributed by atoms with E-state index < -0.39 is 0 Å². The van der Waals surface area contributed by atoms with E-state index in [0.29, 0.717) is 6.04 Å². The van der Waals surface area contributed by atoms with E-state index in [9.17, 15) is 0 Å². The van der Waals surface area contributed by atoms with Crippen molar-refractivity contribution in [1.82, 2.24) is 25.4 Å². The van der Waals surface area contributed by atoms with Gasteiger partial charge in [-0.3, -0.25) is 4.99 Å². The molecule has 30 heavy (non-hydrogen) atoms. The standard InChI is InChI=1S/C21H30ClN7.HI/c1-23-21(24-11-9-20-27-26-19-8-3-2-4-12-29(19)20)25-17-10-13-28(15-17)18-7-5-6-16(22)14-18;/h5-7,14,17H,2-4,8-13,15H2,1H3,(H2,23,24,25);1H. The molecule has 1 aromatic heterocycles. The smallest absolute Gasteiger partial charge is 0.191 e. The second-order valence-electron chi connectivity index (χ2n) is 7.80. The van der Waals surface area contributed by atoms with Crippen molar-refractivity contribution >= 4 is 47.2 Å². The summed E-state index contributed by atoms with van der Waals surface area (Å²) in [5, 5.41) is 16.6. The molecule has 2 aliphatic rings. The minimum atomic E-state index is 0. The summed E-state index contributed by atoms with van der Waals surface area (Å²) in [5.74, 6) is 3.07. The van der Waals surface area contributed by atoms with E-state index >= 15 is 0 Å². The number of hydrogen-bond acceptors (Lipinski definition) is 4. The minimum absolute atomic E-state index is 0. The highest BCUT2D eigenvalue weighted by Gasteiger charge is 2.23. The lowest BCUT2D eigenvalue weighted by atomic mass is 10.2. The molecule has 1 fully saturated rings. The average Bonchev–Trinajstić information content (AvgIpc) is 3.28. The lowest BCUT2D eigenvalue weighted by Gasteiger charge is -2.20. The fourth-order valence-electron chi connectivity index (χ4n) is 4.20. The van der Waals surface area contributed by atoms with Gasteiger partial charge in [-0.1, -0.05) is 24.1 Å². The van der Waals surface area contributed by atoms with Gasteiger partial charge in [0.15, 0.2) is 5.96 Å². The SMILES string of the molecule is CN=C(NCCc1nnc2n1CCCCC2)NC1CCN(c2cccc(Cl)c2)C1.I. The highest BCUT2D eigenvalue weighted by Crippen LogP contribution is 2.23. The van der Waals surface area contributed by atoms with Crippen LogP contribution in [-0.4, -0.2) is 53.4 Å². The van der Waals surface area contributed by atoms with Crippen molar-refractivity contribution in [2.45, 2.75) is 51.1 Å². The number of benzene rings is 1. The van der Waals surface area contributed by atoms with Gasteiger partial charge in [0.2, 0.25) is 0 Å². The predicted octanol–water partition coefficient (Wildman–Crippen LogP) is 3.26. The number of aliphatic imine (C=N–C) groups is 1. The Bertz CT molecular complexity index is 854. The zero-order valence-corrected chi connectivity index (χ0v) is 20.6. The molecule has 2 aromatic rings. The average molecular weight is 544 g/mol. The second kappa shape index (κ2) is 11.2. The Kier molecular flexibility index (Phi) is 8.61. The molecule has 1 aromatic carbocycles.